The smallest absolute Gasteiger partial charge is 0.261 e. The first-order valence-corrected chi connectivity index (χ1v) is 7.66. The summed E-state index contributed by atoms with van der Waals surface area (Å²) in [5.41, 5.74) is 11.8. The van der Waals surface area contributed by atoms with Crippen LogP contribution in [0.5, 0.6) is 0 Å². The predicted molar refractivity (Wildman–Crippen MR) is 76.7 cm³/mol. The van der Waals surface area contributed by atoms with Crippen molar-refractivity contribution in [3.63, 3.8) is 0 Å². The summed E-state index contributed by atoms with van der Waals surface area (Å²) in [7, 11) is 1.72. The molecular weight excluding hydrogens is 270 g/mol. The lowest BCUT2D eigenvalue weighted by molar-refractivity contribution is 0.100. The van der Waals surface area contributed by atoms with E-state index in [1.165, 1.54) is 11.3 Å². The monoisotopic (exact) mass is 287 g/mol. The topological polar surface area (TPSA) is 81.6 Å². The molecule has 7 heteroatoms. The number of nitrogens with two attached hydrogens (primary N) is 2. The van der Waals surface area contributed by atoms with Gasteiger partial charge < -0.3 is 21.1 Å². The van der Waals surface area contributed by atoms with Crippen LogP contribution in [-0.2, 0) is 4.74 Å². The van der Waals surface area contributed by atoms with Gasteiger partial charge in [0.1, 0.15) is 9.88 Å². The Kier molecular flexibility index (Phi) is 4.04. The summed E-state index contributed by atoms with van der Waals surface area (Å²) in [6, 6.07) is 0. The van der Waals surface area contributed by atoms with Crippen molar-refractivity contribution in [1.29, 1.82) is 0 Å². The maximum absolute atomic E-state index is 11.3. The number of anilines is 2. The molecule has 1 amide bonds. The van der Waals surface area contributed by atoms with E-state index in [4.69, 9.17) is 16.2 Å². The summed E-state index contributed by atoms with van der Waals surface area (Å²) in [6.07, 6.45) is 3.20. The molecule has 1 aromatic rings. The molecule has 1 atom stereocenters. The second kappa shape index (κ2) is 5.38. The summed E-state index contributed by atoms with van der Waals surface area (Å²) < 4.78 is 5.35. The summed E-state index contributed by atoms with van der Waals surface area (Å²) in [5.74, 6) is -0.457. The standard InChI is InChI=1S/C11H17N3O2S2/c1-16-6-3-4-14(5-6)11-9(17-2)7(12)8(18-11)10(13)15/h6H,3-5,12H2,1-2H3,(H2,13,15). The molecule has 1 aliphatic rings. The van der Waals surface area contributed by atoms with E-state index in [0.717, 1.165) is 29.4 Å². The average Bonchev–Trinajstić information content (AvgIpc) is 2.92. The molecule has 2 heterocycles. The minimum absolute atomic E-state index is 0.250. The zero-order chi connectivity index (χ0) is 13.3. The lowest BCUT2D eigenvalue weighted by Crippen LogP contribution is -2.21. The molecule has 1 aromatic heterocycles. The summed E-state index contributed by atoms with van der Waals surface area (Å²) in [5, 5.41) is 1.04. The molecule has 1 unspecified atom stereocenters. The Labute approximate surface area is 114 Å². The number of carbonyl (C=O) groups excluding carboxylic acids is 1. The minimum atomic E-state index is -0.457. The number of nitrogen functional groups attached to an aromatic ring is 1. The lowest BCUT2D eigenvalue weighted by atomic mass is 10.3. The second-order valence-corrected chi connectivity index (χ2v) is 5.96. The molecule has 1 fully saturated rings. The van der Waals surface area contributed by atoms with Crippen molar-refractivity contribution >= 4 is 39.7 Å². The molecule has 5 nitrogen and oxygen atoms in total. The number of thioether (sulfide) groups is 1. The van der Waals surface area contributed by atoms with E-state index in [-0.39, 0.29) is 6.10 Å². The van der Waals surface area contributed by atoms with Crippen LogP contribution in [0.1, 0.15) is 16.1 Å². The number of amides is 1. The Morgan fingerprint density at radius 1 is 1.61 bits per heavy atom. The van der Waals surface area contributed by atoms with Crippen molar-refractivity contribution in [3.05, 3.63) is 4.88 Å². The summed E-state index contributed by atoms with van der Waals surface area (Å²) in [4.78, 5) is 15.0. The number of primary amides is 1. The third kappa shape index (κ3) is 2.30. The Morgan fingerprint density at radius 3 is 2.83 bits per heavy atom. The van der Waals surface area contributed by atoms with Crippen LogP contribution in [0.15, 0.2) is 4.90 Å². The fraction of sp³-hybridized carbons (Fsp3) is 0.545. The molecule has 0 bridgehead atoms. The highest BCUT2D eigenvalue weighted by atomic mass is 32.2. The summed E-state index contributed by atoms with van der Waals surface area (Å²) in [6.45, 7) is 1.76. The number of nitrogens with zero attached hydrogens (tertiary/aromatic N) is 1. The number of rotatable bonds is 4. The number of thiophene rings is 1. The van der Waals surface area contributed by atoms with Gasteiger partial charge in [-0.25, -0.2) is 0 Å². The highest BCUT2D eigenvalue weighted by Gasteiger charge is 2.28. The molecule has 18 heavy (non-hydrogen) atoms. The lowest BCUT2D eigenvalue weighted by Gasteiger charge is -2.17. The Bertz CT molecular complexity index is 461. The fourth-order valence-electron chi connectivity index (χ4n) is 2.11. The molecule has 0 radical (unpaired) electrons. The quantitative estimate of drug-likeness (QED) is 0.818. The average molecular weight is 287 g/mol. The molecule has 1 aliphatic heterocycles. The zero-order valence-corrected chi connectivity index (χ0v) is 12.1. The van der Waals surface area contributed by atoms with Crippen molar-refractivity contribution in [2.45, 2.75) is 17.4 Å². The number of methoxy groups -OCH3 is 1. The van der Waals surface area contributed by atoms with Gasteiger partial charge in [0.05, 0.1) is 16.7 Å². The van der Waals surface area contributed by atoms with Gasteiger partial charge in [-0.15, -0.1) is 23.1 Å². The van der Waals surface area contributed by atoms with E-state index in [1.54, 1.807) is 18.9 Å². The van der Waals surface area contributed by atoms with Crippen LogP contribution >= 0.6 is 23.1 Å². The number of hydrogen-bond acceptors (Lipinski definition) is 6. The first kappa shape index (κ1) is 13.5. The SMILES string of the molecule is COC1CCN(c2sc(C(N)=O)c(N)c2SC)C1. The fourth-order valence-corrected chi connectivity index (χ4v) is 4.18. The molecule has 100 valence electrons. The third-order valence-electron chi connectivity index (χ3n) is 3.08. The Hall–Kier alpha value is -0.920. The molecule has 0 saturated carbocycles. The highest BCUT2D eigenvalue weighted by Crippen LogP contribution is 2.44. The molecular formula is C11H17N3O2S2. The van der Waals surface area contributed by atoms with Crippen molar-refractivity contribution in [3.8, 4) is 0 Å². The van der Waals surface area contributed by atoms with Gasteiger partial charge >= 0.3 is 0 Å². The summed E-state index contributed by atoms with van der Waals surface area (Å²) >= 11 is 2.93. The highest BCUT2D eigenvalue weighted by molar-refractivity contribution is 7.99. The van der Waals surface area contributed by atoms with Gasteiger partial charge in [0.2, 0.25) is 0 Å². The molecule has 0 aliphatic carbocycles. The van der Waals surface area contributed by atoms with E-state index < -0.39 is 5.91 Å². The molecule has 1 saturated heterocycles. The van der Waals surface area contributed by atoms with E-state index in [9.17, 15) is 4.79 Å². The molecule has 0 aromatic carbocycles. The van der Waals surface area contributed by atoms with E-state index in [2.05, 4.69) is 4.90 Å². The van der Waals surface area contributed by atoms with Crippen molar-refractivity contribution < 1.29 is 9.53 Å². The normalized spacial score (nSPS) is 19.4. The third-order valence-corrected chi connectivity index (χ3v) is 5.31. The van der Waals surface area contributed by atoms with Crippen LogP contribution in [0.4, 0.5) is 10.7 Å². The molecule has 2 rings (SSSR count). The van der Waals surface area contributed by atoms with Gasteiger partial charge in [-0.2, -0.15) is 0 Å². The van der Waals surface area contributed by atoms with Crippen LogP contribution in [-0.4, -0.2) is 38.5 Å². The maximum Gasteiger partial charge on any atom is 0.261 e. The molecule has 4 N–H and O–H groups in total. The zero-order valence-electron chi connectivity index (χ0n) is 10.4. The van der Waals surface area contributed by atoms with Crippen LogP contribution < -0.4 is 16.4 Å². The van der Waals surface area contributed by atoms with E-state index in [1.807, 2.05) is 6.26 Å². The van der Waals surface area contributed by atoms with Crippen LogP contribution in [0, 0.1) is 0 Å². The van der Waals surface area contributed by atoms with Gasteiger partial charge in [-0.1, -0.05) is 0 Å². The number of hydrogen-bond donors (Lipinski definition) is 2. The molecule has 0 spiro atoms. The van der Waals surface area contributed by atoms with Gasteiger partial charge in [-0.3, -0.25) is 4.79 Å². The van der Waals surface area contributed by atoms with Crippen molar-refractivity contribution in [2.24, 2.45) is 5.73 Å². The number of ether oxygens (including phenoxy) is 1. The van der Waals surface area contributed by atoms with E-state index >= 15 is 0 Å². The largest absolute Gasteiger partial charge is 0.396 e. The van der Waals surface area contributed by atoms with Crippen LogP contribution in [0.3, 0.4) is 0 Å². The Balaban J connectivity index is 2.33. The van der Waals surface area contributed by atoms with Gasteiger partial charge in [0.25, 0.3) is 5.91 Å². The minimum Gasteiger partial charge on any atom is -0.396 e. The van der Waals surface area contributed by atoms with Gasteiger partial charge in [-0.05, 0) is 12.7 Å². The van der Waals surface area contributed by atoms with Crippen molar-refractivity contribution in [2.75, 3.05) is 37.1 Å². The predicted octanol–water partition coefficient (Wildman–Crippen LogP) is 1.38. The van der Waals surface area contributed by atoms with Crippen LogP contribution in [0.2, 0.25) is 0 Å². The van der Waals surface area contributed by atoms with Gasteiger partial charge in [0.15, 0.2) is 0 Å². The Morgan fingerprint density at radius 2 is 2.33 bits per heavy atom. The maximum atomic E-state index is 11.3. The number of carbonyl (C=O) groups is 1. The van der Waals surface area contributed by atoms with Crippen LogP contribution in [0.25, 0.3) is 0 Å². The second-order valence-electron chi connectivity index (χ2n) is 4.14. The van der Waals surface area contributed by atoms with E-state index in [0.29, 0.717) is 10.6 Å². The van der Waals surface area contributed by atoms with Gasteiger partial charge in [0, 0.05) is 20.2 Å². The first-order valence-electron chi connectivity index (χ1n) is 5.62. The first-order chi connectivity index (χ1) is 8.58. The van der Waals surface area contributed by atoms with Crippen molar-refractivity contribution in [1.82, 2.24) is 0 Å².